The molecule has 0 spiro atoms. The molecule has 0 amide bonds. The van der Waals surface area contributed by atoms with Crippen molar-refractivity contribution in [2.24, 2.45) is 0 Å². The van der Waals surface area contributed by atoms with Gasteiger partial charge >= 0.3 is 6.36 Å². The molecule has 0 radical (unpaired) electrons. The molecule has 1 aromatic carbocycles. The highest BCUT2D eigenvalue weighted by Gasteiger charge is 2.31. The molecule has 3 nitrogen and oxygen atoms in total. The van der Waals surface area contributed by atoms with Crippen LogP contribution in [0.15, 0.2) is 41.0 Å². The van der Waals surface area contributed by atoms with E-state index in [4.69, 9.17) is 0 Å². The van der Waals surface area contributed by atoms with Gasteiger partial charge in [0, 0.05) is 11.9 Å². The first kappa shape index (κ1) is 15.6. The number of hydrogen-bond acceptors (Lipinski definition) is 3. The van der Waals surface area contributed by atoms with Crippen LogP contribution in [0.4, 0.5) is 18.9 Å². The summed E-state index contributed by atoms with van der Waals surface area (Å²) in [7, 11) is 0. The van der Waals surface area contributed by atoms with Gasteiger partial charge in [-0.2, -0.15) is 0 Å². The van der Waals surface area contributed by atoms with Crippen molar-refractivity contribution in [3.8, 4) is 5.75 Å². The summed E-state index contributed by atoms with van der Waals surface area (Å²) in [6.45, 7) is 2.42. The Morgan fingerprint density at radius 3 is 2.57 bits per heavy atom. The number of aryl methyl sites for hydroxylation is 1. The van der Waals surface area contributed by atoms with Crippen molar-refractivity contribution in [2.45, 2.75) is 19.8 Å². The lowest BCUT2D eigenvalue weighted by Crippen LogP contribution is -2.17. The Morgan fingerprint density at radius 1 is 1.24 bits per heavy atom. The molecule has 0 saturated carbocycles. The van der Waals surface area contributed by atoms with E-state index in [1.165, 1.54) is 18.2 Å². The number of nitrogens with one attached hydrogen (secondary N) is 1. The first-order chi connectivity index (χ1) is 9.83. The summed E-state index contributed by atoms with van der Waals surface area (Å²) in [5, 5.41) is 3.08. The maximum Gasteiger partial charge on any atom is 0.573 e. The molecule has 2 rings (SSSR count). The third-order valence-corrected chi connectivity index (χ3v) is 3.22. The third-order valence-electron chi connectivity index (χ3n) is 2.60. The van der Waals surface area contributed by atoms with Gasteiger partial charge in [0.25, 0.3) is 0 Å². The van der Waals surface area contributed by atoms with Crippen molar-refractivity contribution in [1.82, 2.24) is 4.98 Å². The van der Waals surface area contributed by atoms with Crippen molar-refractivity contribution < 1.29 is 17.9 Å². The second-order valence-corrected chi connectivity index (χ2v) is 5.23. The SMILES string of the molecule is Cc1ccc(CNc2ccc(OC(F)(F)F)c(Br)c2)nc1. The Labute approximate surface area is 128 Å². The molecule has 0 fully saturated rings. The fraction of sp³-hybridized carbons (Fsp3) is 0.214. The van der Waals surface area contributed by atoms with E-state index < -0.39 is 6.36 Å². The smallest absolute Gasteiger partial charge is 0.405 e. The number of aromatic nitrogens is 1. The van der Waals surface area contributed by atoms with Gasteiger partial charge in [0.1, 0.15) is 5.75 Å². The number of halogens is 4. The first-order valence-corrected chi connectivity index (χ1v) is 6.83. The summed E-state index contributed by atoms with van der Waals surface area (Å²) in [6.07, 6.45) is -2.95. The highest BCUT2D eigenvalue weighted by atomic mass is 79.9. The van der Waals surface area contributed by atoms with Crippen molar-refractivity contribution >= 4 is 21.6 Å². The molecule has 2 aromatic rings. The normalized spacial score (nSPS) is 11.3. The minimum absolute atomic E-state index is 0.224. The van der Waals surface area contributed by atoms with Gasteiger partial charge in [-0.3, -0.25) is 4.98 Å². The van der Waals surface area contributed by atoms with E-state index in [1.807, 2.05) is 19.1 Å². The van der Waals surface area contributed by atoms with Crippen molar-refractivity contribution in [1.29, 1.82) is 0 Å². The largest absolute Gasteiger partial charge is 0.573 e. The summed E-state index contributed by atoms with van der Waals surface area (Å²) in [5.74, 6) is -0.276. The lowest BCUT2D eigenvalue weighted by molar-refractivity contribution is -0.274. The Hall–Kier alpha value is -1.76. The highest BCUT2D eigenvalue weighted by Crippen LogP contribution is 2.32. The van der Waals surface area contributed by atoms with Gasteiger partial charge < -0.3 is 10.1 Å². The summed E-state index contributed by atoms with van der Waals surface area (Å²) >= 11 is 3.05. The Kier molecular flexibility index (Phi) is 4.72. The van der Waals surface area contributed by atoms with Gasteiger partial charge in [-0.05, 0) is 52.7 Å². The van der Waals surface area contributed by atoms with E-state index in [9.17, 15) is 13.2 Å². The van der Waals surface area contributed by atoms with Crippen LogP contribution in [0.5, 0.6) is 5.75 Å². The van der Waals surface area contributed by atoms with Crippen LogP contribution < -0.4 is 10.1 Å². The van der Waals surface area contributed by atoms with Crippen LogP contribution in [0.25, 0.3) is 0 Å². The molecular weight excluding hydrogens is 349 g/mol. The molecular formula is C14H12BrF3N2O. The molecule has 21 heavy (non-hydrogen) atoms. The molecule has 0 aliphatic carbocycles. The maximum atomic E-state index is 12.2. The molecule has 0 saturated heterocycles. The predicted octanol–water partition coefficient (Wildman–Crippen LogP) is 4.66. The lowest BCUT2D eigenvalue weighted by atomic mass is 10.2. The van der Waals surface area contributed by atoms with E-state index in [2.05, 4.69) is 31.0 Å². The summed E-state index contributed by atoms with van der Waals surface area (Å²) in [4.78, 5) is 4.23. The Balaban J connectivity index is 2.01. The van der Waals surface area contributed by atoms with E-state index >= 15 is 0 Å². The van der Waals surface area contributed by atoms with Crippen molar-refractivity contribution in [3.05, 3.63) is 52.3 Å². The number of anilines is 1. The zero-order valence-corrected chi connectivity index (χ0v) is 12.6. The second-order valence-electron chi connectivity index (χ2n) is 4.37. The Bertz CT molecular complexity index is 615. The average molecular weight is 361 g/mol. The second kappa shape index (κ2) is 6.34. The summed E-state index contributed by atoms with van der Waals surface area (Å²) < 4.78 is 40.6. The molecule has 0 unspecified atom stereocenters. The van der Waals surface area contributed by atoms with Crippen LogP contribution in [-0.4, -0.2) is 11.3 Å². The predicted molar refractivity (Wildman–Crippen MR) is 77.1 cm³/mol. The van der Waals surface area contributed by atoms with Crippen LogP contribution in [0.1, 0.15) is 11.3 Å². The van der Waals surface area contributed by atoms with Crippen molar-refractivity contribution in [3.63, 3.8) is 0 Å². The quantitative estimate of drug-likeness (QED) is 0.860. The van der Waals surface area contributed by atoms with E-state index in [0.717, 1.165) is 11.3 Å². The third kappa shape index (κ3) is 4.93. The fourth-order valence-corrected chi connectivity index (χ4v) is 2.07. The molecule has 1 aromatic heterocycles. The minimum atomic E-state index is -4.71. The number of alkyl halides is 3. The first-order valence-electron chi connectivity index (χ1n) is 6.04. The van der Waals surface area contributed by atoms with Gasteiger partial charge in [-0.1, -0.05) is 6.07 Å². The fourth-order valence-electron chi connectivity index (χ4n) is 1.61. The van der Waals surface area contributed by atoms with Gasteiger partial charge in [-0.15, -0.1) is 13.2 Å². The zero-order valence-electron chi connectivity index (χ0n) is 11.0. The highest BCUT2D eigenvalue weighted by molar-refractivity contribution is 9.10. The minimum Gasteiger partial charge on any atom is -0.405 e. The molecule has 1 N–H and O–H groups in total. The Morgan fingerprint density at radius 2 is 2.00 bits per heavy atom. The number of pyridine rings is 1. The van der Waals surface area contributed by atoms with Crippen LogP contribution in [0.2, 0.25) is 0 Å². The average Bonchev–Trinajstić information content (AvgIpc) is 2.40. The molecule has 112 valence electrons. The van der Waals surface area contributed by atoms with E-state index in [1.54, 1.807) is 6.20 Å². The summed E-state index contributed by atoms with van der Waals surface area (Å²) in [5.41, 5.74) is 2.57. The van der Waals surface area contributed by atoms with Gasteiger partial charge in [-0.25, -0.2) is 0 Å². The molecule has 0 bridgehead atoms. The topological polar surface area (TPSA) is 34.1 Å². The van der Waals surface area contributed by atoms with Gasteiger partial charge in [0.05, 0.1) is 16.7 Å². The number of nitrogens with zero attached hydrogens (tertiary/aromatic N) is 1. The number of rotatable bonds is 4. The monoisotopic (exact) mass is 360 g/mol. The van der Waals surface area contributed by atoms with E-state index in [-0.39, 0.29) is 10.2 Å². The van der Waals surface area contributed by atoms with Crippen LogP contribution in [0.3, 0.4) is 0 Å². The molecule has 0 aliphatic heterocycles. The summed E-state index contributed by atoms with van der Waals surface area (Å²) in [6, 6.07) is 8.12. The number of benzene rings is 1. The van der Waals surface area contributed by atoms with Gasteiger partial charge in [0.2, 0.25) is 0 Å². The van der Waals surface area contributed by atoms with Gasteiger partial charge in [0.15, 0.2) is 0 Å². The van der Waals surface area contributed by atoms with E-state index in [0.29, 0.717) is 12.2 Å². The van der Waals surface area contributed by atoms with Crippen molar-refractivity contribution in [2.75, 3.05) is 5.32 Å². The molecule has 0 aliphatic rings. The number of hydrogen-bond donors (Lipinski definition) is 1. The lowest BCUT2D eigenvalue weighted by Gasteiger charge is -2.12. The van der Waals surface area contributed by atoms with Crippen LogP contribution in [0, 0.1) is 6.92 Å². The van der Waals surface area contributed by atoms with Crippen LogP contribution in [-0.2, 0) is 6.54 Å². The molecule has 0 atom stereocenters. The standard InChI is InChI=1S/C14H12BrF3N2O/c1-9-2-3-11(19-7-9)8-20-10-4-5-13(12(15)6-10)21-14(16,17)18/h2-7,20H,8H2,1H3. The maximum absolute atomic E-state index is 12.2. The zero-order chi connectivity index (χ0) is 15.5. The molecule has 1 heterocycles. The molecule has 7 heteroatoms. The van der Waals surface area contributed by atoms with Crippen LogP contribution >= 0.6 is 15.9 Å². The number of ether oxygens (including phenoxy) is 1.